The van der Waals surface area contributed by atoms with E-state index in [-0.39, 0.29) is 0 Å². The minimum Gasteiger partial charge on any atom is -0.329 e. The molecule has 2 nitrogen and oxygen atoms in total. The zero-order chi connectivity index (χ0) is 13.0. The zero-order valence-electron chi connectivity index (χ0n) is 10.5. The van der Waals surface area contributed by atoms with Crippen molar-refractivity contribution in [3.63, 3.8) is 0 Å². The van der Waals surface area contributed by atoms with Crippen molar-refractivity contribution in [1.82, 2.24) is 4.90 Å². The molecule has 1 atom stereocenters. The number of nitrogens with two attached hydrogens (primary N) is 1. The van der Waals surface area contributed by atoms with Gasteiger partial charge in [-0.15, -0.1) is 0 Å². The Morgan fingerprint density at radius 2 is 1.89 bits per heavy atom. The number of nitrogens with zero attached hydrogens (tertiary/aromatic N) is 1. The van der Waals surface area contributed by atoms with E-state index in [2.05, 4.69) is 26.9 Å². The standard InChI is InChI=1S/C14H20BrClN2/c15-12-6-5-11(9-13(12)16)14(10-17)18-7-3-1-2-4-8-18/h5-6,9,14H,1-4,7-8,10,17H2. The van der Waals surface area contributed by atoms with Crippen molar-refractivity contribution < 1.29 is 0 Å². The van der Waals surface area contributed by atoms with Crippen molar-refractivity contribution in [1.29, 1.82) is 0 Å². The molecule has 1 aliphatic heterocycles. The van der Waals surface area contributed by atoms with Crippen LogP contribution in [0.15, 0.2) is 22.7 Å². The molecule has 1 heterocycles. The van der Waals surface area contributed by atoms with E-state index in [1.54, 1.807) is 0 Å². The number of benzene rings is 1. The van der Waals surface area contributed by atoms with Gasteiger partial charge in [0.05, 0.1) is 5.02 Å². The summed E-state index contributed by atoms with van der Waals surface area (Å²) in [5, 5.41) is 0.765. The molecule has 1 unspecified atom stereocenters. The van der Waals surface area contributed by atoms with Crippen LogP contribution < -0.4 is 5.73 Å². The first-order valence-electron chi connectivity index (χ1n) is 6.61. The highest BCUT2D eigenvalue weighted by Crippen LogP contribution is 2.29. The first-order valence-corrected chi connectivity index (χ1v) is 7.78. The molecule has 0 bridgehead atoms. The fourth-order valence-corrected chi connectivity index (χ4v) is 3.06. The van der Waals surface area contributed by atoms with Crippen LogP contribution in [0.25, 0.3) is 0 Å². The van der Waals surface area contributed by atoms with Gasteiger partial charge >= 0.3 is 0 Å². The second-order valence-electron chi connectivity index (χ2n) is 4.88. The lowest BCUT2D eigenvalue weighted by Crippen LogP contribution is -2.34. The molecular weight excluding hydrogens is 312 g/mol. The summed E-state index contributed by atoms with van der Waals surface area (Å²) < 4.78 is 0.944. The normalized spacial score (nSPS) is 19.5. The predicted molar refractivity (Wildman–Crippen MR) is 81.0 cm³/mol. The van der Waals surface area contributed by atoms with Gasteiger partial charge < -0.3 is 5.73 Å². The minimum absolute atomic E-state index is 0.300. The topological polar surface area (TPSA) is 29.3 Å². The molecule has 2 rings (SSSR count). The SMILES string of the molecule is NCC(c1ccc(Br)c(Cl)c1)N1CCCCCC1. The molecule has 0 spiro atoms. The Hall–Kier alpha value is -0.0900. The van der Waals surface area contributed by atoms with E-state index in [4.69, 9.17) is 17.3 Å². The summed E-state index contributed by atoms with van der Waals surface area (Å²) in [5.41, 5.74) is 7.21. The number of hydrogen-bond donors (Lipinski definition) is 1. The van der Waals surface area contributed by atoms with Gasteiger partial charge in [-0.3, -0.25) is 4.90 Å². The number of likely N-dealkylation sites (tertiary alicyclic amines) is 1. The fraction of sp³-hybridized carbons (Fsp3) is 0.571. The van der Waals surface area contributed by atoms with Gasteiger partial charge in [-0.2, -0.15) is 0 Å². The lowest BCUT2D eigenvalue weighted by atomic mass is 10.1. The third-order valence-corrected chi connectivity index (χ3v) is 4.87. The maximum Gasteiger partial charge on any atom is 0.0551 e. The molecule has 1 fully saturated rings. The van der Waals surface area contributed by atoms with Crippen molar-refractivity contribution >= 4 is 27.5 Å². The van der Waals surface area contributed by atoms with Crippen LogP contribution in [0.2, 0.25) is 5.02 Å². The van der Waals surface area contributed by atoms with E-state index in [9.17, 15) is 0 Å². The Balaban J connectivity index is 2.17. The van der Waals surface area contributed by atoms with Crippen LogP contribution in [0.1, 0.15) is 37.3 Å². The first-order chi connectivity index (χ1) is 8.72. The van der Waals surface area contributed by atoms with Crippen molar-refractivity contribution in [2.45, 2.75) is 31.7 Å². The Morgan fingerprint density at radius 3 is 2.44 bits per heavy atom. The lowest BCUT2D eigenvalue weighted by molar-refractivity contribution is 0.210. The highest BCUT2D eigenvalue weighted by atomic mass is 79.9. The predicted octanol–water partition coefficient (Wildman–Crippen LogP) is 3.98. The number of rotatable bonds is 3. The van der Waals surface area contributed by atoms with E-state index < -0.39 is 0 Å². The van der Waals surface area contributed by atoms with Crippen molar-refractivity contribution in [2.75, 3.05) is 19.6 Å². The highest BCUT2D eigenvalue weighted by Gasteiger charge is 2.20. The van der Waals surface area contributed by atoms with E-state index in [0.717, 1.165) is 22.6 Å². The van der Waals surface area contributed by atoms with E-state index in [1.807, 2.05) is 12.1 Å². The monoisotopic (exact) mass is 330 g/mol. The van der Waals surface area contributed by atoms with Gasteiger partial charge in [-0.1, -0.05) is 30.5 Å². The highest BCUT2D eigenvalue weighted by molar-refractivity contribution is 9.10. The molecule has 1 saturated heterocycles. The molecule has 1 aromatic rings. The van der Waals surface area contributed by atoms with E-state index in [1.165, 1.54) is 31.2 Å². The van der Waals surface area contributed by atoms with Crippen molar-refractivity contribution in [3.8, 4) is 0 Å². The molecule has 4 heteroatoms. The maximum atomic E-state index is 6.18. The van der Waals surface area contributed by atoms with Gasteiger partial charge in [-0.05, 0) is 59.6 Å². The number of hydrogen-bond acceptors (Lipinski definition) is 2. The van der Waals surface area contributed by atoms with E-state index in [0.29, 0.717) is 12.6 Å². The third-order valence-electron chi connectivity index (χ3n) is 3.63. The molecule has 0 aliphatic carbocycles. The maximum absolute atomic E-state index is 6.18. The summed E-state index contributed by atoms with van der Waals surface area (Å²) >= 11 is 9.61. The Kier molecular flexibility index (Phi) is 5.49. The summed E-state index contributed by atoms with van der Waals surface area (Å²) in [6.45, 7) is 2.95. The van der Waals surface area contributed by atoms with Gasteiger partial charge in [-0.25, -0.2) is 0 Å². The Bertz CT molecular complexity index is 389. The fourth-order valence-electron chi connectivity index (χ4n) is 2.62. The van der Waals surface area contributed by atoms with Crippen molar-refractivity contribution in [2.24, 2.45) is 5.73 Å². The average molecular weight is 332 g/mol. The minimum atomic E-state index is 0.300. The van der Waals surface area contributed by atoms with Gasteiger partial charge in [0.25, 0.3) is 0 Å². The molecule has 100 valence electrons. The van der Waals surface area contributed by atoms with Crippen molar-refractivity contribution in [3.05, 3.63) is 33.3 Å². The second kappa shape index (κ2) is 6.90. The van der Waals surface area contributed by atoms with Crippen LogP contribution in [0.3, 0.4) is 0 Å². The van der Waals surface area contributed by atoms with Crippen LogP contribution in [0.4, 0.5) is 0 Å². The average Bonchev–Trinajstić information content (AvgIpc) is 2.64. The molecular formula is C14H20BrClN2. The molecule has 0 radical (unpaired) electrons. The molecule has 18 heavy (non-hydrogen) atoms. The van der Waals surface area contributed by atoms with Gasteiger partial charge in [0.1, 0.15) is 0 Å². The summed E-state index contributed by atoms with van der Waals surface area (Å²) in [7, 11) is 0. The molecule has 2 N–H and O–H groups in total. The Morgan fingerprint density at radius 1 is 1.22 bits per heavy atom. The molecule has 1 aromatic carbocycles. The second-order valence-corrected chi connectivity index (χ2v) is 6.14. The third kappa shape index (κ3) is 3.47. The summed E-state index contributed by atoms with van der Waals surface area (Å²) in [6.07, 6.45) is 5.24. The Labute approximate surface area is 123 Å². The lowest BCUT2D eigenvalue weighted by Gasteiger charge is -2.30. The summed E-state index contributed by atoms with van der Waals surface area (Å²) in [6, 6.07) is 6.47. The summed E-state index contributed by atoms with van der Waals surface area (Å²) in [4.78, 5) is 2.51. The molecule has 0 saturated carbocycles. The zero-order valence-corrected chi connectivity index (χ0v) is 12.9. The van der Waals surface area contributed by atoms with Crippen LogP contribution >= 0.6 is 27.5 Å². The molecule has 0 aromatic heterocycles. The molecule has 1 aliphatic rings. The van der Waals surface area contributed by atoms with Crippen LogP contribution in [-0.4, -0.2) is 24.5 Å². The largest absolute Gasteiger partial charge is 0.329 e. The van der Waals surface area contributed by atoms with Crippen LogP contribution in [0, 0.1) is 0 Å². The number of halogens is 2. The quantitative estimate of drug-likeness (QED) is 0.908. The van der Waals surface area contributed by atoms with Gasteiger partial charge in [0.15, 0.2) is 0 Å². The molecule has 0 amide bonds. The first kappa shape index (κ1) is 14.3. The van der Waals surface area contributed by atoms with E-state index >= 15 is 0 Å². The smallest absolute Gasteiger partial charge is 0.0551 e. The van der Waals surface area contributed by atoms with Crippen LogP contribution in [-0.2, 0) is 0 Å². The summed E-state index contributed by atoms with van der Waals surface area (Å²) in [5.74, 6) is 0. The van der Waals surface area contributed by atoms with Crippen LogP contribution in [0.5, 0.6) is 0 Å². The van der Waals surface area contributed by atoms with Gasteiger partial charge in [0.2, 0.25) is 0 Å². The van der Waals surface area contributed by atoms with Gasteiger partial charge in [0, 0.05) is 17.1 Å².